The summed E-state index contributed by atoms with van der Waals surface area (Å²) in [5.74, 6) is 0.905. The number of benzene rings is 1. The lowest BCUT2D eigenvalue weighted by molar-refractivity contribution is -0.102. The third kappa shape index (κ3) is 4.99. The van der Waals surface area contributed by atoms with Gasteiger partial charge in [0.05, 0.1) is 32.0 Å². The zero-order valence-corrected chi connectivity index (χ0v) is 13.3. The fraction of sp³-hybridized carbons (Fsp3) is 0.647. The third-order valence-corrected chi connectivity index (χ3v) is 3.42. The lowest BCUT2D eigenvalue weighted by Crippen LogP contribution is -2.40. The summed E-state index contributed by atoms with van der Waals surface area (Å²) in [4.78, 5) is 0. The van der Waals surface area contributed by atoms with Gasteiger partial charge in [-0.05, 0) is 44.5 Å². The summed E-state index contributed by atoms with van der Waals surface area (Å²) < 4.78 is 17.2. The summed E-state index contributed by atoms with van der Waals surface area (Å²) in [5, 5.41) is 3.58. The third-order valence-electron chi connectivity index (χ3n) is 3.42. The molecule has 1 aromatic rings. The molecule has 0 aromatic heterocycles. The summed E-state index contributed by atoms with van der Waals surface area (Å²) in [5.41, 5.74) is 1.19. The second-order valence-electron chi connectivity index (χ2n) is 5.66. The molecule has 2 unspecified atom stereocenters. The Morgan fingerprint density at radius 2 is 2.19 bits per heavy atom. The summed E-state index contributed by atoms with van der Waals surface area (Å²) in [6, 6.07) is 8.40. The highest BCUT2D eigenvalue weighted by Gasteiger charge is 2.26. The van der Waals surface area contributed by atoms with E-state index in [9.17, 15) is 0 Å². The van der Waals surface area contributed by atoms with E-state index in [0.717, 1.165) is 18.7 Å². The van der Waals surface area contributed by atoms with E-state index in [2.05, 4.69) is 24.4 Å². The van der Waals surface area contributed by atoms with Gasteiger partial charge >= 0.3 is 0 Å². The van der Waals surface area contributed by atoms with E-state index < -0.39 is 0 Å². The summed E-state index contributed by atoms with van der Waals surface area (Å²) >= 11 is 0. The zero-order chi connectivity index (χ0) is 15.1. The van der Waals surface area contributed by atoms with Crippen LogP contribution in [0.15, 0.2) is 24.3 Å². The molecule has 2 rings (SSSR count). The minimum atomic E-state index is 0.0552. The van der Waals surface area contributed by atoms with Gasteiger partial charge in [0.15, 0.2) is 0 Å². The molecule has 0 amide bonds. The molecule has 1 heterocycles. The van der Waals surface area contributed by atoms with E-state index in [1.165, 1.54) is 5.56 Å². The van der Waals surface area contributed by atoms with Gasteiger partial charge in [-0.15, -0.1) is 0 Å². The lowest BCUT2D eigenvalue weighted by atomic mass is 10.0. The Bertz CT molecular complexity index is 416. The van der Waals surface area contributed by atoms with Crippen molar-refractivity contribution in [3.8, 4) is 5.75 Å². The van der Waals surface area contributed by atoms with Crippen LogP contribution in [0.5, 0.6) is 5.75 Å². The summed E-state index contributed by atoms with van der Waals surface area (Å²) in [7, 11) is 0. The molecular weight excluding hydrogens is 266 g/mol. The van der Waals surface area contributed by atoms with E-state index in [4.69, 9.17) is 14.2 Å². The van der Waals surface area contributed by atoms with Crippen molar-refractivity contribution < 1.29 is 14.2 Å². The van der Waals surface area contributed by atoms with Crippen molar-refractivity contribution in [3.63, 3.8) is 0 Å². The topological polar surface area (TPSA) is 39.7 Å². The van der Waals surface area contributed by atoms with E-state index in [1.807, 2.05) is 26.0 Å². The second-order valence-corrected chi connectivity index (χ2v) is 5.66. The first-order valence-corrected chi connectivity index (χ1v) is 7.90. The summed E-state index contributed by atoms with van der Waals surface area (Å²) in [6.07, 6.45) is 1.32. The van der Waals surface area contributed by atoms with Crippen LogP contribution in [0, 0.1) is 0 Å². The van der Waals surface area contributed by atoms with Crippen molar-refractivity contribution >= 4 is 0 Å². The molecule has 0 aliphatic carbocycles. The van der Waals surface area contributed by atoms with Gasteiger partial charge in [0.2, 0.25) is 0 Å². The molecule has 1 aliphatic rings. The molecule has 1 N–H and O–H groups in total. The molecule has 4 nitrogen and oxygen atoms in total. The average Bonchev–Trinajstić information content (AvgIpc) is 2.48. The molecule has 1 saturated heterocycles. The van der Waals surface area contributed by atoms with Crippen molar-refractivity contribution in [2.75, 3.05) is 26.4 Å². The van der Waals surface area contributed by atoms with Gasteiger partial charge in [-0.3, -0.25) is 0 Å². The maximum absolute atomic E-state index is 5.88. The Labute approximate surface area is 127 Å². The van der Waals surface area contributed by atoms with Gasteiger partial charge in [0.1, 0.15) is 11.9 Å². The number of ether oxygens (including phenoxy) is 3. The van der Waals surface area contributed by atoms with Crippen LogP contribution in [0.25, 0.3) is 0 Å². The smallest absolute Gasteiger partial charge is 0.120 e. The first-order chi connectivity index (χ1) is 10.2. The first-order valence-electron chi connectivity index (χ1n) is 7.90. The van der Waals surface area contributed by atoms with Crippen molar-refractivity contribution in [3.05, 3.63) is 29.8 Å². The van der Waals surface area contributed by atoms with E-state index >= 15 is 0 Å². The van der Waals surface area contributed by atoms with Gasteiger partial charge in [-0.25, -0.2) is 0 Å². The minimum Gasteiger partial charge on any atom is -0.491 e. The summed E-state index contributed by atoms with van der Waals surface area (Å²) in [6.45, 7) is 9.19. The Morgan fingerprint density at radius 1 is 1.33 bits per heavy atom. The first kappa shape index (κ1) is 16.3. The Hall–Kier alpha value is -1.10. The second kappa shape index (κ2) is 8.37. The average molecular weight is 293 g/mol. The predicted octanol–water partition coefficient (Wildman–Crippen LogP) is 2.93. The highest BCUT2D eigenvalue weighted by Crippen LogP contribution is 2.25. The van der Waals surface area contributed by atoms with Crippen LogP contribution in [0.2, 0.25) is 0 Å². The van der Waals surface area contributed by atoms with Gasteiger partial charge < -0.3 is 19.5 Å². The quantitative estimate of drug-likeness (QED) is 0.839. The van der Waals surface area contributed by atoms with E-state index in [1.54, 1.807) is 0 Å². The Kier molecular flexibility index (Phi) is 6.49. The number of hydrogen-bond donors (Lipinski definition) is 1. The van der Waals surface area contributed by atoms with Crippen LogP contribution in [0.1, 0.15) is 38.8 Å². The molecule has 1 fully saturated rings. The normalized spacial score (nSPS) is 20.5. The maximum atomic E-state index is 5.88. The van der Waals surface area contributed by atoms with E-state index in [-0.39, 0.29) is 18.2 Å². The van der Waals surface area contributed by atoms with Gasteiger partial charge in [0.25, 0.3) is 0 Å². The molecule has 0 radical (unpaired) electrons. The molecular formula is C17H27NO3. The van der Waals surface area contributed by atoms with Crippen LogP contribution in [-0.4, -0.2) is 38.6 Å². The zero-order valence-electron chi connectivity index (χ0n) is 13.3. The fourth-order valence-electron chi connectivity index (χ4n) is 2.52. The fourth-order valence-corrected chi connectivity index (χ4v) is 2.52. The number of nitrogens with one attached hydrogen (secondary N) is 1. The van der Waals surface area contributed by atoms with Crippen LogP contribution < -0.4 is 10.1 Å². The van der Waals surface area contributed by atoms with Crippen LogP contribution in [0.3, 0.4) is 0 Å². The molecule has 1 aliphatic heterocycles. The Balaban J connectivity index is 2.14. The standard InChI is InChI=1S/C17H27NO3/c1-4-8-18-17(16-12-19-9-10-20-16)14-6-5-7-15(11-14)21-13(2)3/h5-7,11,13,16-18H,4,8-10,12H2,1-3H3. The Morgan fingerprint density at radius 3 is 2.86 bits per heavy atom. The van der Waals surface area contributed by atoms with Gasteiger partial charge in [-0.2, -0.15) is 0 Å². The number of hydrogen-bond acceptors (Lipinski definition) is 4. The molecule has 21 heavy (non-hydrogen) atoms. The highest BCUT2D eigenvalue weighted by molar-refractivity contribution is 5.31. The maximum Gasteiger partial charge on any atom is 0.120 e. The monoisotopic (exact) mass is 293 g/mol. The van der Waals surface area contributed by atoms with Crippen LogP contribution in [0.4, 0.5) is 0 Å². The van der Waals surface area contributed by atoms with Crippen molar-refractivity contribution in [2.45, 2.75) is 45.4 Å². The molecule has 118 valence electrons. The molecule has 2 atom stereocenters. The molecule has 0 bridgehead atoms. The van der Waals surface area contributed by atoms with Crippen molar-refractivity contribution in [1.29, 1.82) is 0 Å². The van der Waals surface area contributed by atoms with Gasteiger partial charge in [0, 0.05) is 0 Å². The predicted molar refractivity (Wildman–Crippen MR) is 83.8 cm³/mol. The van der Waals surface area contributed by atoms with Gasteiger partial charge in [-0.1, -0.05) is 19.1 Å². The lowest BCUT2D eigenvalue weighted by Gasteiger charge is -2.31. The van der Waals surface area contributed by atoms with Crippen LogP contribution in [-0.2, 0) is 9.47 Å². The SMILES string of the molecule is CCCNC(c1cccc(OC(C)C)c1)C1COCCO1. The largest absolute Gasteiger partial charge is 0.491 e. The molecule has 0 saturated carbocycles. The minimum absolute atomic E-state index is 0.0552. The van der Waals surface area contributed by atoms with Crippen LogP contribution >= 0.6 is 0 Å². The number of rotatable bonds is 7. The van der Waals surface area contributed by atoms with E-state index in [0.29, 0.717) is 19.8 Å². The van der Waals surface area contributed by atoms with Crippen molar-refractivity contribution in [1.82, 2.24) is 5.32 Å². The highest BCUT2D eigenvalue weighted by atomic mass is 16.6. The molecule has 4 heteroatoms. The molecule has 1 aromatic carbocycles. The molecule has 0 spiro atoms. The van der Waals surface area contributed by atoms with Crippen molar-refractivity contribution in [2.24, 2.45) is 0 Å².